The maximum Gasteiger partial charge on any atom is 0.319 e. The maximum atomic E-state index is 11.6. The van der Waals surface area contributed by atoms with E-state index in [0.29, 0.717) is 24.6 Å². The van der Waals surface area contributed by atoms with Crippen molar-refractivity contribution in [2.75, 3.05) is 18.1 Å². The van der Waals surface area contributed by atoms with Gasteiger partial charge in [0.15, 0.2) is 9.35 Å². The Labute approximate surface area is 137 Å². The predicted molar refractivity (Wildman–Crippen MR) is 89.8 cm³/mol. The fourth-order valence-corrected chi connectivity index (χ4v) is 2.83. The van der Waals surface area contributed by atoms with Crippen LogP contribution in [-0.4, -0.2) is 29.0 Å². The summed E-state index contributed by atoms with van der Waals surface area (Å²) >= 11 is 3.07. The molecule has 0 saturated heterocycles. The van der Waals surface area contributed by atoms with Gasteiger partial charge < -0.3 is 15.4 Å². The lowest BCUT2D eigenvalue weighted by molar-refractivity contribution is 0.252. The second-order valence-electron chi connectivity index (χ2n) is 4.36. The van der Waals surface area contributed by atoms with Gasteiger partial charge in [-0.2, -0.15) is 0 Å². The van der Waals surface area contributed by atoms with Gasteiger partial charge in [-0.15, -0.1) is 10.2 Å². The normalized spacial score (nSPS) is 10.3. The molecule has 0 radical (unpaired) electrons. The Balaban J connectivity index is 1.89. The number of thioether (sulfide) groups is 1. The SMILES string of the molecule is CCCNC(=O)Nc1cccc(OCc2nnc(SC)s2)c1. The van der Waals surface area contributed by atoms with Crippen LogP contribution < -0.4 is 15.4 Å². The van der Waals surface area contributed by atoms with Gasteiger partial charge in [-0.3, -0.25) is 0 Å². The van der Waals surface area contributed by atoms with Gasteiger partial charge in [-0.25, -0.2) is 4.79 Å². The van der Waals surface area contributed by atoms with Crippen molar-refractivity contribution < 1.29 is 9.53 Å². The van der Waals surface area contributed by atoms with Crippen molar-refractivity contribution in [3.05, 3.63) is 29.3 Å². The predicted octanol–water partition coefficient (Wildman–Crippen LogP) is 3.37. The molecule has 118 valence electrons. The summed E-state index contributed by atoms with van der Waals surface area (Å²) in [5.41, 5.74) is 0.688. The highest BCUT2D eigenvalue weighted by molar-refractivity contribution is 8.00. The summed E-state index contributed by atoms with van der Waals surface area (Å²) in [6.07, 6.45) is 2.86. The lowest BCUT2D eigenvalue weighted by Gasteiger charge is -2.09. The third-order valence-electron chi connectivity index (χ3n) is 2.61. The quantitative estimate of drug-likeness (QED) is 0.757. The first-order chi connectivity index (χ1) is 10.7. The molecule has 0 spiro atoms. The van der Waals surface area contributed by atoms with Gasteiger partial charge in [-0.05, 0) is 24.8 Å². The average Bonchev–Trinajstić information content (AvgIpc) is 2.99. The van der Waals surface area contributed by atoms with Crippen molar-refractivity contribution in [1.82, 2.24) is 15.5 Å². The van der Waals surface area contributed by atoms with Crippen molar-refractivity contribution in [3.63, 3.8) is 0 Å². The van der Waals surface area contributed by atoms with E-state index in [1.165, 1.54) is 11.3 Å². The van der Waals surface area contributed by atoms with Crippen LogP contribution in [0.2, 0.25) is 0 Å². The van der Waals surface area contributed by atoms with Crippen molar-refractivity contribution in [1.29, 1.82) is 0 Å². The number of anilines is 1. The van der Waals surface area contributed by atoms with Gasteiger partial charge in [0.05, 0.1) is 0 Å². The smallest absolute Gasteiger partial charge is 0.319 e. The molecule has 22 heavy (non-hydrogen) atoms. The second kappa shape index (κ2) is 8.60. The lowest BCUT2D eigenvalue weighted by atomic mass is 10.3. The standard InChI is InChI=1S/C14H18N4O2S2/c1-3-7-15-13(19)16-10-5-4-6-11(8-10)20-9-12-17-18-14(21-2)22-12/h4-6,8H,3,7,9H2,1-2H3,(H2,15,16,19). The number of nitrogens with one attached hydrogen (secondary N) is 2. The highest BCUT2D eigenvalue weighted by atomic mass is 32.2. The van der Waals surface area contributed by atoms with E-state index < -0.39 is 0 Å². The first kappa shape index (κ1) is 16.6. The number of aromatic nitrogens is 2. The Kier molecular flexibility index (Phi) is 6.47. The zero-order valence-electron chi connectivity index (χ0n) is 12.5. The number of urea groups is 1. The van der Waals surface area contributed by atoms with Crippen LogP contribution in [0.3, 0.4) is 0 Å². The molecule has 2 rings (SSSR count). The molecule has 6 nitrogen and oxygen atoms in total. The highest BCUT2D eigenvalue weighted by Crippen LogP contribution is 2.22. The molecule has 0 aliphatic heterocycles. The number of carbonyl (C=O) groups excluding carboxylic acids is 1. The maximum absolute atomic E-state index is 11.6. The summed E-state index contributed by atoms with van der Waals surface area (Å²) in [5.74, 6) is 0.675. The molecule has 2 N–H and O–H groups in total. The van der Waals surface area contributed by atoms with Crippen LogP contribution in [0, 0.1) is 0 Å². The minimum atomic E-state index is -0.215. The van der Waals surface area contributed by atoms with Crippen LogP contribution in [0.4, 0.5) is 10.5 Å². The summed E-state index contributed by atoms with van der Waals surface area (Å²) in [7, 11) is 0. The number of carbonyl (C=O) groups is 1. The van der Waals surface area contributed by atoms with Gasteiger partial charge in [0.2, 0.25) is 0 Å². The first-order valence-electron chi connectivity index (χ1n) is 6.85. The summed E-state index contributed by atoms with van der Waals surface area (Å²) in [4.78, 5) is 11.6. The minimum absolute atomic E-state index is 0.215. The zero-order chi connectivity index (χ0) is 15.8. The van der Waals surface area contributed by atoms with E-state index in [1.54, 1.807) is 17.8 Å². The number of hydrogen-bond donors (Lipinski definition) is 2. The molecule has 8 heteroatoms. The lowest BCUT2D eigenvalue weighted by Crippen LogP contribution is -2.29. The number of rotatable bonds is 7. The molecule has 2 aromatic rings. The third kappa shape index (κ3) is 5.19. The molecule has 0 saturated carbocycles. The first-order valence-corrected chi connectivity index (χ1v) is 8.89. The largest absolute Gasteiger partial charge is 0.486 e. The van der Waals surface area contributed by atoms with E-state index in [0.717, 1.165) is 15.8 Å². The number of ether oxygens (including phenoxy) is 1. The Hall–Kier alpha value is -1.80. The molecule has 0 fully saturated rings. The molecule has 0 aliphatic rings. The van der Waals surface area contributed by atoms with Crippen LogP contribution in [0.25, 0.3) is 0 Å². The summed E-state index contributed by atoms with van der Waals surface area (Å²) in [5, 5.41) is 14.4. The monoisotopic (exact) mass is 338 g/mol. The van der Waals surface area contributed by atoms with E-state index in [-0.39, 0.29) is 6.03 Å². The molecule has 1 aromatic heterocycles. The molecule has 0 atom stereocenters. The van der Waals surface area contributed by atoms with Crippen LogP contribution in [-0.2, 0) is 6.61 Å². The Morgan fingerprint density at radius 2 is 2.27 bits per heavy atom. The van der Waals surface area contributed by atoms with E-state index in [1.807, 2.05) is 31.4 Å². The van der Waals surface area contributed by atoms with E-state index in [4.69, 9.17) is 4.74 Å². The van der Waals surface area contributed by atoms with Gasteiger partial charge >= 0.3 is 6.03 Å². The van der Waals surface area contributed by atoms with Crippen LogP contribution in [0.1, 0.15) is 18.4 Å². The number of amides is 2. The zero-order valence-corrected chi connectivity index (χ0v) is 14.1. The van der Waals surface area contributed by atoms with Gasteiger partial charge in [0.1, 0.15) is 12.4 Å². The van der Waals surface area contributed by atoms with Crippen LogP contribution >= 0.6 is 23.1 Å². The molecule has 2 amide bonds. The molecule has 1 aromatic carbocycles. The Morgan fingerprint density at radius 1 is 1.41 bits per heavy atom. The minimum Gasteiger partial charge on any atom is -0.486 e. The van der Waals surface area contributed by atoms with Crippen LogP contribution in [0.15, 0.2) is 28.6 Å². The Bertz CT molecular complexity index is 618. The Morgan fingerprint density at radius 3 is 3.00 bits per heavy atom. The number of benzene rings is 1. The van der Waals surface area contributed by atoms with Crippen molar-refractivity contribution in [2.45, 2.75) is 24.3 Å². The topological polar surface area (TPSA) is 76.1 Å². The third-order valence-corrected chi connectivity index (χ3v) is 4.48. The van der Waals surface area contributed by atoms with Crippen LogP contribution in [0.5, 0.6) is 5.75 Å². The molecular formula is C14H18N4O2S2. The molecule has 0 unspecified atom stereocenters. The fraction of sp³-hybridized carbons (Fsp3) is 0.357. The average molecular weight is 338 g/mol. The highest BCUT2D eigenvalue weighted by Gasteiger charge is 2.05. The van der Waals surface area contributed by atoms with E-state index in [9.17, 15) is 4.79 Å². The molecular weight excluding hydrogens is 320 g/mol. The summed E-state index contributed by atoms with van der Waals surface area (Å²) in [6.45, 7) is 3.02. The van der Waals surface area contributed by atoms with Crippen molar-refractivity contribution >= 4 is 34.8 Å². The van der Waals surface area contributed by atoms with Gasteiger partial charge in [0.25, 0.3) is 0 Å². The summed E-state index contributed by atoms with van der Waals surface area (Å²) < 4.78 is 6.60. The van der Waals surface area contributed by atoms with Gasteiger partial charge in [0, 0.05) is 18.3 Å². The van der Waals surface area contributed by atoms with Crippen molar-refractivity contribution in [2.24, 2.45) is 0 Å². The van der Waals surface area contributed by atoms with E-state index in [2.05, 4.69) is 20.8 Å². The molecule has 1 heterocycles. The van der Waals surface area contributed by atoms with E-state index >= 15 is 0 Å². The molecule has 0 aliphatic carbocycles. The molecule has 0 bridgehead atoms. The fourth-order valence-electron chi connectivity index (χ4n) is 1.60. The van der Waals surface area contributed by atoms with Crippen molar-refractivity contribution in [3.8, 4) is 5.75 Å². The second-order valence-corrected chi connectivity index (χ2v) is 6.48. The van der Waals surface area contributed by atoms with Gasteiger partial charge in [-0.1, -0.05) is 36.1 Å². The number of nitrogens with zero attached hydrogens (tertiary/aromatic N) is 2. The summed E-state index contributed by atoms with van der Waals surface area (Å²) in [6, 6.07) is 7.05. The number of hydrogen-bond acceptors (Lipinski definition) is 6.